The minimum absolute atomic E-state index is 0.0722. The largest absolute Gasteiger partial charge is 0.481 e. The number of aliphatic carboxylic acids is 1. The molecule has 0 aliphatic heterocycles. The topological polar surface area (TPSA) is 50.2 Å². The molecule has 0 saturated heterocycles. The van der Waals surface area contributed by atoms with E-state index in [1.807, 2.05) is 30.3 Å². The molecule has 1 aromatic heterocycles. The molecule has 0 atom stereocenters. The zero-order valence-electron chi connectivity index (χ0n) is 11.5. The van der Waals surface area contributed by atoms with E-state index in [2.05, 4.69) is 0 Å². The fraction of sp³-hybridized carbons (Fsp3) is 0.412. The van der Waals surface area contributed by atoms with Gasteiger partial charge < -0.3 is 5.11 Å². The highest BCUT2D eigenvalue weighted by molar-refractivity contribution is 5.86. The molecule has 0 unspecified atom stereocenters. The predicted octanol–water partition coefficient (Wildman–Crippen LogP) is 3.91. The second kappa shape index (κ2) is 5.61. The molecule has 0 spiro atoms. The number of carboxylic acids is 1. The van der Waals surface area contributed by atoms with Crippen LogP contribution in [0.1, 0.15) is 49.3 Å². The summed E-state index contributed by atoms with van der Waals surface area (Å²) < 4.78 is 0. The summed E-state index contributed by atoms with van der Waals surface area (Å²) in [4.78, 5) is 15.9. The van der Waals surface area contributed by atoms with Crippen molar-refractivity contribution in [2.45, 2.75) is 44.4 Å². The van der Waals surface area contributed by atoms with E-state index in [4.69, 9.17) is 10.1 Å². The summed E-state index contributed by atoms with van der Waals surface area (Å²) in [6.07, 6.45) is 6.26. The Morgan fingerprint density at radius 3 is 2.70 bits per heavy atom. The SMILES string of the molecule is O=C(O)Cc1cc(C2CCCCC2)nc2ccccc12. The maximum Gasteiger partial charge on any atom is 0.307 e. The van der Waals surface area contributed by atoms with Gasteiger partial charge >= 0.3 is 5.97 Å². The summed E-state index contributed by atoms with van der Waals surface area (Å²) in [5, 5.41) is 10.1. The van der Waals surface area contributed by atoms with E-state index in [9.17, 15) is 4.79 Å². The van der Waals surface area contributed by atoms with Gasteiger partial charge in [-0.25, -0.2) is 0 Å². The van der Waals surface area contributed by atoms with Crippen molar-refractivity contribution in [2.24, 2.45) is 0 Å². The van der Waals surface area contributed by atoms with Crippen LogP contribution in [0.2, 0.25) is 0 Å². The Morgan fingerprint density at radius 2 is 1.95 bits per heavy atom. The number of hydrogen-bond acceptors (Lipinski definition) is 2. The molecule has 3 nitrogen and oxygen atoms in total. The quantitative estimate of drug-likeness (QED) is 0.919. The van der Waals surface area contributed by atoms with Crippen LogP contribution in [0.4, 0.5) is 0 Å². The number of pyridine rings is 1. The standard InChI is InChI=1S/C17H19NO2/c19-17(20)11-13-10-16(12-6-2-1-3-7-12)18-15-9-5-4-8-14(13)15/h4-5,8-10,12H,1-3,6-7,11H2,(H,19,20). The lowest BCUT2D eigenvalue weighted by Gasteiger charge is -2.22. The maximum atomic E-state index is 11.1. The van der Waals surface area contributed by atoms with Gasteiger partial charge in [0.25, 0.3) is 0 Å². The van der Waals surface area contributed by atoms with Crippen LogP contribution in [0.25, 0.3) is 10.9 Å². The van der Waals surface area contributed by atoms with Crippen molar-refractivity contribution >= 4 is 16.9 Å². The molecule has 104 valence electrons. The van der Waals surface area contributed by atoms with Gasteiger partial charge in [-0.3, -0.25) is 9.78 Å². The summed E-state index contributed by atoms with van der Waals surface area (Å²) in [5.41, 5.74) is 2.90. The summed E-state index contributed by atoms with van der Waals surface area (Å²) in [6, 6.07) is 9.87. The Balaban J connectivity index is 2.06. The van der Waals surface area contributed by atoms with Gasteiger partial charge in [-0.2, -0.15) is 0 Å². The number of hydrogen-bond donors (Lipinski definition) is 1. The molecular weight excluding hydrogens is 250 g/mol. The number of rotatable bonds is 3. The van der Waals surface area contributed by atoms with Gasteiger partial charge in [-0.15, -0.1) is 0 Å². The van der Waals surface area contributed by atoms with E-state index < -0.39 is 5.97 Å². The Bertz CT molecular complexity index is 630. The predicted molar refractivity (Wildman–Crippen MR) is 78.9 cm³/mol. The monoisotopic (exact) mass is 269 g/mol. The smallest absolute Gasteiger partial charge is 0.307 e. The van der Waals surface area contributed by atoms with E-state index in [1.54, 1.807) is 0 Å². The average molecular weight is 269 g/mol. The minimum Gasteiger partial charge on any atom is -0.481 e. The summed E-state index contributed by atoms with van der Waals surface area (Å²) in [5.74, 6) is -0.281. The fourth-order valence-electron chi connectivity index (χ4n) is 3.19. The Morgan fingerprint density at radius 1 is 1.20 bits per heavy atom. The zero-order valence-corrected chi connectivity index (χ0v) is 11.5. The van der Waals surface area contributed by atoms with E-state index in [0.29, 0.717) is 5.92 Å². The summed E-state index contributed by atoms with van der Waals surface area (Å²) in [7, 11) is 0. The molecule has 1 aromatic carbocycles. The number of carboxylic acid groups (broad SMARTS) is 1. The highest BCUT2D eigenvalue weighted by atomic mass is 16.4. The fourth-order valence-corrected chi connectivity index (χ4v) is 3.19. The van der Waals surface area contributed by atoms with Crippen molar-refractivity contribution in [3.63, 3.8) is 0 Å². The Kier molecular flexibility index (Phi) is 3.68. The second-order valence-corrected chi connectivity index (χ2v) is 5.63. The number of aromatic nitrogens is 1. The van der Waals surface area contributed by atoms with Crippen molar-refractivity contribution < 1.29 is 9.90 Å². The van der Waals surface area contributed by atoms with Gasteiger partial charge in [0.1, 0.15) is 0 Å². The Hall–Kier alpha value is -1.90. The molecule has 20 heavy (non-hydrogen) atoms. The molecule has 3 heteroatoms. The van der Waals surface area contributed by atoms with Crippen LogP contribution in [0.3, 0.4) is 0 Å². The molecule has 3 rings (SSSR count). The first kappa shape index (κ1) is 13.1. The molecule has 1 fully saturated rings. The van der Waals surface area contributed by atoms with Gasteiger partial charge in [0, 0.05) is 17.0 Å². The molecule has 0 amide bonds. The first-order valence-electron chi connectivity index (χ1n) is 7.34. The van der Waals surface area contributed by atoms with Crippen LogP contribution in [-0.4, -0.2) is 16.1 Å². The second-order valence-electron chi connectivity index (χ2n) is 5.63. The maximum absolute atomic E-state index is 11.1. The third-order valence-electron chi connectivity index (χ3n) is 4.19. The molecule has 2 aromatic rings. The van der Waals surface area contributed by atoms with Gasteiger partial charge in [-0.1, -0.05) is 37.5 Å². The first-order chi connectivity index (χ1) is 9.74. The van der Waals surface area contributed by atoms with Crippen molar-refractivity contribution in [3.8, 4) is 0 Å². The van der Waals surface area contributed by atoms with Gasteiger partial charge in [-0.05, 0) is 30.5 Å². The lowest BCUT2D eigenvalue weighted by atomic mass is 9.85. The molecule has 1 aliphatic carbocycles. The highest BCUT2D eigenvalue weighted by Gasteiger charge is 2.19. The van der Waals surface area contributed by atoms with Crippen molar-refractivity contribution in [1.82, 2.24) is 4.98 Å². The molecule has 1 N–H and O–H groups in total. The van der Waals surface area contributed by atoms with Crippen LogP contribution in [0, 0.1) is 0 Å². The van der Waals surface area contributed by atoms with Crippen LogP contribution in [-0.2, 0) is 11.2 Å². The number of benzene rings is 1. The molecular formula is C17H19NO2. The lowest BCUT2D eigenvalue weighted by Crippen LogP contribution is -2.09. The van der Waals surface area contributed by atoms with Gasteiger partial charge in [0.2, 0.25) is 0 Å². The van der Waals surface area contributed by atoms with Crippen LogP contribution in [0.5, 0.6) is 0 Å². The average Bonchev–Trinajstić information content (AvgIpc) is 2.47. The molecule has 1 heterocycles. The molecule has 1 aliphatic rings. The van der Waals surface area contributed by atoms with Crippen LogP contribution >= 0.6 is 0 Å². The lowest BCUT2D eigenvalue weighted by molar-refractivity contribution is -0.136. The van der Waals surface area contributed by atoms with Crippen molar-refractivity contribution in [3.05, 3.63) is 41.6 Å². The van der Waals surface area contributed by atoms with Gasteiger partial charge in [0.15, 0.2) is 0 Å². The molecule has 1 saturated carbocycles. The molecule has 0 bridgehead atoms. The van der Waals surface area contributed by atoms with Gasteiger partial charge in [0.05, 0.1) is 11.9 Å². The number of fused-ring (bicyclic) bond motifs is 1. The Labute approximate surface area is 118 Å². The van der Waals surface area contributed by atoms with E-state index in [1.165, 1.54) is 32.1 Å². The van der Waals surface area contributed by atoms with Crippen molar-refractivity contribution in [1.29, 1.82) is 0 Å². The summed E-state index contributed by atoms with van der Waals surface area (Å²) in [6.45, 7) is 0. The third-order valence-corrected chi connectivity index (χ3v) is 4.19. The number of para-hydroxylation sites is 1. The summed E-state index contributed by atoms with van der Waals surface area (Å²) >= 11 is 0. The number of carbonyl (C=O) groups is 1. The van der Waals surface area contributed by atoms with E-state index >= 15 is 0 Å². The van der Waals surface area contributed by atoms with Crippen LogP contribution < -0.4 is 0 Å². The minimum atomic E-state index is -0.782. The number of nitrogens with zero attached hydrogens (tertiary/aromatic N) is 1. The molecule has 0 radical (unpaired) electrons. The highest BCUT2D eigenvalue weighted by Crippen LogP contribution is 2.33. The third kappa shape index (κ3) is 2.67. The van der Waals surface area contributed by atoms with Crippen LogP contribution in [0.15, 0.2) is 30.3 Å². The van der Waals surface area contributed by atoms with E-state index in [0.717, 1.165) is 22.2 Å². The first-order valence-corrected chi connectivity index (χ1v) is 7.34. The normalized spacial score (nSPS) is 16.4. The van der Waals surface area contributed by atoms with E-state index in [-0.39, 0.29) is 6.42 Å². The zero-order chi connectivity index (χ0) is 13.9. The van der Waals surface area contributed by atoms with Crippen molar-refractivity contribution in [2.75, 3.05) is 0 Å².